The van der Waals surface area contributed by atoms with E-state index in [4.69, 9.17) is 23.2 Å². The van der Waals surface area contributed by atoms with Gasteiger partial charge in [0.15, 0.2) is 16.4 Å². The Balaban J connectivity index is 1.43. The molecule has 2 unspecified atom stereocenters. The Hall–Kier alpha value is -3.08. The van der Waals surface area contributed by atoms with Crippen molar-refractivity contribution in [1.82, 2.24) is 15.2 Å². The highest BCUT2D eigenvalue weighted by Gasteiger charge is 2.58. The molecule has 0 spiro atoms. The zero-order chi connectivity index (χ0) is 29.8. The highest BCUT2D eigenvalue weighted by molar-refractivity contribution is 7.92. The first-order valence-electron chi connectivity index (χ1n) is 12.6. The molecule has 0 bridgehead atoms. The van der Waals surface area contributed by atoms with E-state index < -0.39 is 56.7 Å². The Morgan fingerprint density at radius 1 is 1.17 bits per heavy atom. The lowest BCUT2D eigenvalue weighted by molar-refractivity contribution is -0.153. The van der Waals surface area contributed by atoms with Gasteiger partial charge in [0.1, 0.15) is 22.5 Å². The second kappa shape index (κ2) is 10.3. The monoisotopic (exact) mass is 630 g/mol. The number of nitriles is 1. The van der Waals surface area contributed by atoms with Gasteiger partial charge in [-0.25, -0.2) is 13.4 Å². The molecule has 1 aliphatic heterocycles. The summed E-state index contributed by atoms with van der Waals surface area (Å²) in [4.78, 5) is 32.2. The van der Waals surface area contributed by atoms with Crippen molar-refractivity contribution >= 4 is 44.9 Å². The highest BCUT2D eigenvalue weighted by Crippen LogP contribution is 2.51. The fourth-order valence-electron chi connectivity index (χ4n) is 5.04. The molecule has 1 saturated heterocycles. The number of alkyl halides is 3. The molecule has 218 valence electrons. The first-order valence-corrected chi connectivity index (χ1v) is 14.9. The molecule has 3 aliphatic rings. The Morgan fingerprint density at radius 2 is 1.88 bits per heavy atom. The predicted octanol–water partition coefficient (Wildman–Crippen LogP) is 3.98. The number of benzene rings is 1. The van der Waals surface area contributed by atoms with Crippen LogP contribution in [0.25, 0.3) is 0 Å². The number of hydrogen-bond donors (Lipinski definition) is 1. The van der Waals surface area contributed by atoms with Gasteiger partial charge >= 0.3 is 6.18 Å². The largest absolute Gasteiger partial charge is 0.484 e. The molecule has 5 rings (SSSR count). The Kier molecular flexibility index (Phi) is 7.41. The Labute approximate surface area is 243 Å². The summed E-state index contributed by atoms with van der Waals surface area (Å²) in [7, 11) is -4.27. The first-order chi connectivity index (χ1) is 19.2. The maximum Gasteiger partial charge on any atom is 0.422 e. The molecular weight excluding hydrogens is 608 g/mol. The van der Waals surface area contributed by atoms with Gasteiger partial charge in [0, 0.05) is 18.8 Å². The van der Waals surface area contributed by atoms with Crippen molar-refractivity contribution in [2.45, 2.75) is 65.4 Å². The molecule has 1 aromatic heterocycles. The number of aromatic nitrogens is 1. The van der Waals surface area contributed by atoms with Crippen molar-refractivity contribution < 1.29 is 35.9 Å². The number of halogens is 5. The summed E-state index contributed by atoms with van der Waals surface area (Å²) in [5.41, 5.74) is -1.45. The zero-order valence-corrected chi connectivity index (χ0v) is 23.6. The maximum absolute atomic E-state index is 13.9. The fraction of sp³-hybridized carbons (Fsp3) is 0.462. The van der Waals surface area contributed by atoms with E-state index in [1.165, 1.54) is 11.1 Å². The quantitative estimate of drug-likeness (QED) is 0.437. The molecule has 41 heavy (non-hydrogen) atoms. The van der Waals surface area contributed by atoms with E-state index in [-0.39, 0.29) is 33.8 Å². The number of ether oxygens (including phenoxy) is 1. The molecule has 1 aromatic carbocycles. The van der Waals surface area contributed by atoms with Crippen molar-refractivity contribution in [3.8, 4) is 11.8 Å². The average Bonchev–Trinajstić information content (AvgIpc) is 3.83. The van der Waals surface area contributed by atoms with Crippen LogP contribution in [0.15, 0.2) is 41.4 Å². The zero-order valence-electron chi connectivity index (χ0n) is 21.2. The number of amides is 2. The second-order valence-electron chi connectivity index (χ2n) is 10.5. The summed E-state index contributed by atoms with van der Waals surface area (Å²) in [5, 5.41) is 10.7. The van der Waals surface area contributed by atoms with Crippen LogP contribution in [0, 0.1) is 11.3 Å². The van der Waals surface area contributed by atoms with Crippen LogP contribution in [0.5, 0.6) is 5.75 Å². The summed E-state index contributed by atoms with van der Waals surface area (Å²) in [5.74, 6) is -1.35. The average molecular weight is 631 g/mol. The van der Waals surface area contributed by atoms with Gasteiger partial charge in [-0.3, -0.25) is 9.59 Å². The minimum Gasteiger partial charge on any atom is -0.484 e. The molecule has 1 N–H and O–H groups in total. The lowest BCUT2D eigenvalue weighted by atomic mass is 9.95. The van der Waals surface area contributed by atoms with E-state index >= 15 is 0 Å². The van der Waals surface area contributed by atoms with Gasteiger partial charge in [-0.05, 0) is 55.9 Å². The van der Waals surface area contributed by atoms with Gasteiger partial charge in [-0.1, -0.05) is 29.3 Å². The third-order valence-corrected chi connectivity index (χ3v) is 10.5. The first kappa shape index (κ1) is 29.4. The molecule has 15 heteroatoms. The second-order valence-corrected chi connectivity index (χ2v) is 13.5. The van der Waals surface area contributed by atoms with Crippen LogP contribution in [-0.4, -0.2) is 66.3 Å². The van der Waals surface area contributed by atoms with Crippen molar-refractivity contribution in [2.75, 3.05) is 13.2 Å². The van der Waals surface area contributed by atoms with E-state index in [0.29, 0.717) is 31.2 Å². The molecule has 2 atom stereocenters. The lowest BCUT2D eigenvalue weighted by Crippen LogP contribution is -2.51. The third kappa shape index (κ3) is 5.82. The van der Waals surface area contributed by atoms with E-state index in [2.05, 4.69) is 21.1 Å². The van der Waals surface area contributed by atoms with Crippen LogP contribution in [-0.2, 0) is 24.8 Å². The molecule has 2 amide bonds. The summed E-state index contributed by atoms with van der Waals surface area (Å²) in [6.07, 6.45) is -1.58. The molecule has 2 aliphatic carbocycles. The Morgan fingerprint density at radius 3 is 2.41 bits per heavy atom. The summed E-state index contributed by atoms with van der Waals surface area (Å²) in [6.45, 7) is -1.91. The summed E-state index contributed by atoms with van der Waals surface area (Å²) in [6, 6.07) is 7.14. The number of nitrogens with zero attached hydrogens (tertiary/aromatic N) is 3. The number of hydrogen-bond acceptors (Lipinski definition) is 7. The number of carbonyl (C=O) groups is 2. The van der Waals surface area contributed by atoms with Gasteiger partial charge in [0.2, 0.25) is 11.8 Å². The van der Waals surface area contributed by atoms with E-state index in [1.54, 1.807) is 12.1 Å². The normalized spacial score (nSPS) is 22.5. The Bertz CT molecular complexity index is 1540. The van der Waals surface area contributed by atoms with Crippen LogP contribution < -0.4 is 10.1 Å². The number of likely N-dealkylation sites (tertiary alicyclic amines) is 1. The molecule has 2 aromatic rings. The SMILES string of the molecule is N#CC1(NC(=O)C2CC(S(=O)(=O)c3ccc(OCC(F)(F)F)cc3Cl)CN2C(=O)C2(c3ccc(Cl)nc3)CC2)CC1. The van der Waals surface area contributed by atoms with Gasteiger partial charge < -0.3 is 15.0 Å². The minimum absolute atomic E-state index is 0.236. The van der Waals surface area contributed by atoms with Crippen molar-refractivity contribution in [1.29, 1.82) is 5.26 Å². The smallest absolute Gasteiger partial charge is 0.422 e. The van der Waals surface area contributed by atoms with Gasteiger partial charge in [0.25, 0.3) is 0 Å². The van der Waals surface area contributed by atoms with Gasteiger partial charge in [-0.15, -0.1) is 0 Å². The number of carbonyl (C=O) groups excluding carboxylic acids is 2. The highest BCUT2D eigenvalue weighted by atomic mass is 35.5. The predicted molar refractivity (Wildman–Crippen MR) is 140 cm³/mol. The van der Waals surface area contributed by atoms with Gasteiger partial charge in [0.05, 0.1) is 26.7 Å². The van der Waals surface area contributed by atoms with Crippen molar-refractivity contribution in [3.63, 3.8) is 0 Å². The van der Waals surface area contributed by atoms with Crippen molar-refractivity contribution in [3.05, 3.63) is 52.3 Å². The van der Waals surface area contributed by atoms with Crippen LogP contribution >= 0.6 is 23.2 Å². The third-order valence-electron chi connectivity index (χ3n) is 7.64. The maximum atomic E-state index is 13.9. The fourth-order valence-corrected chi connectivity index (χ4v) is 7.38. The molecule has 2 saturated carbocycles. The van der Waals surface area contributed by atoms with Gasteiger partial charge in [-0.2, -0.15) is 18.4 Å². The van der Waals surface area contributed by atoms with Crippen LogP contribution in [0.3, 0.4) is 0 Å². The van der Waals surface area contributed by atoms with E-state index in [1.807, 2.05) is 0 Å². The van der Waals surface area contributed by atoms with E-state index in [0.717, 1.165) is 18.2 Å². The van der Waals surface area contributed by atoms with Crippen LogP contribution in [0.4, 0.5) is 13.2 Å². The summed E-state index contributed by atoms with van der Waals surface area (Å²) >= 11 is 12.1. The standard InChI is InChI=1S/C26H23Cl2F3N4O5S/c27-18-9-16(40-14-26(29,30)31)2-3-20(18)41(38,39)17-10-19(22(36)34-24(13-32)5-6-24)35(12-17)23(37)25(7-8-25)15-1-4-21(28)33-11-15/h1-4,9,11,17,19H,5-8,10,12,14H2,(H,34,36). The molecule has 9 nitrogen and oxygen atoms in total. The molecule has 3 fully saturated rings. The summed E-state index contributed by atoms with van der Waals surface area (Å²) < 4.78 is 69.6. The number of pyridine rings is 1. The van der Waals surface area contributed by atoms with Crippen molar-refractivity contribution in [2.24, 2.45) is 0 Å². The van der Waals surface area contributed by atoms with E-state index in [9.17, 15) is 36.4 Å². The number of nitrogens with one attached hydrogen (secondary N) is 1. The minimum atomic E-state index is -4.60. The molecule has 0 radical (unpaired) electrons. The van der Waals surface area contributed by atoms with Crippen LogP contribution in [0.2, 0.25) is 10.2 Å². The molecule has 2 heterocycles. The number of rotatable bonds is 8. The number of sulfone groups is 1. The lowest BCUT2D eigenvalue weighted by Gasteiger charge is -2.29. The topological polar surface area (TPSA) is 129 Å². The molecular formula is C26H23Cl2F3N4O5S. The van der Waals surface area contributed by atoms with Crippen LogP contribution in [0.1, 0.15) is 37.7 Å².